The number of imide groups is 1. The summed E-state index contributed by atoms with van der Waals surface area (Å²) in [5, 5.41) is 11.2. The normalized spacial score (nSPS) is 15.4. The number of carbonyl (C=O) groups is 3. The molecule has 0 fully saturated rings. The molecule has 0 bridgehead atoms. The van der Waals surface area contributed by atoms with Crippen molar-refractivity contribution in [2.24, 2.45) is 0 Å². The lowest BCUT2D eigenvalue weighted by molar-refractivity contribution is 0.0693. The van der Waals surface area contributed by atoms with E-state index >= 15 is 0 Å². The fourth-order valence-electron chi connectivity index (χ4n) is 4.16. The highest BCUT2D eigenvalue weighted by molar-refractivity contribution is 6.22. The van der Waals surface area contributed by atoms with E-state index in [1.165, 1.54) is 43.4 Å². The van der Waals surface area contributed by atoms with Crippen LogP contribution in [0.15, 0.2) is 36.4 Å². The fraction of sp³-hybridized carbons (Fsp3) is 0.261. The highest BCUT2D eigenvalue weighted by Gasteiger charge is 2.33. The zero-order valence-electron chi connectivity index (χ0n) is 17.4. The van der Waals surface area contributed by atoms with Gasteiger partial charge in [-0.25, -0.2) is 4.39 Å². The molecule has 162 valence electrons. The molecule has 3 aromatic rings. The highest BCUT2D eigenvalue weighted by Crippen LogP contribution is 2.28. The minimum Gasteiger partial charge on any atom is -0.322 e. The smallest absolute Gasteiger partial charge is 0.261 e. The summed E-state index contributed by atoms with van der Waals surface area (Å²) in [5.74, 6) is -0.481. The molecule has 0 radical (unpaired) electrons. The van der Waals surface area contributed by atoms with Crippen LogP contribution in [-0.2, 0) is 13.0 Å². The van der Waals surface area contributed by atoms with E-state index in [4.69, 9.17) is 0 Å². The summed E-state index contributed by atoms with van der Waals surface area (Å²) in [7, 11) is 1.40. The Labute approximate surface area is 183 Å². The molecule has 9 heteroatoms. The Balaban J connectivity index is 1.43. The Morgan fingerprint density at radius 1 is 0.969 bits per heavy atom. The number of nitrogens with one attached hydrogen (secondary N) is 1. The van der Waals surface area contributed by atoms with Crippen LogP contribution in [0.4, 0.5) is 10.1 Å². The maximum atomic E-state index is 14.7. The standard InChI is InChI=1S/C23H20FN5O3/c1-28-22(31)15-8-6-13(11-16(15)23(28)32)21(30)25-14-7-9-18(24)17(12-14)20-27-26-19-5-3-2-4-10-29(19)20/h6-9,11-12H,2-5,10H2,1H3,(H,25,30). The van der Waals surface area contributed by atoms with Crippen molar-refractivity contribution in [3.63, 3.8) is 0 Å². The number of hydrogen-bond acceptors (Lipinski definition) is 5. The summed E-state index contributed by atoms with van der Waals surface area (Å²) in [5.41, 5.74) is 1.33. The number of rotatable bonds is 3. The maximum Gasteiger partial charge on any atom is 0.261 e. The van der Waals surface area contributed by atoms with Crippen LogP contribution in [0.25, 0.3) is 11.4 Å². The van der Waals surface area contributed by atoms with Crippen LogP contribution < -0.4 is 5.32 Å². The van der Waals surface area contributed by atoms with Crippen LogP contribution >= 0.6 is 0 Å². The Bertz CT molecular complexity index is 1280. The van der Waals surface area contributed by atoms with Gasteiger partial charge in [-0.15, -0.1) is 10.2 Å². The number of fused-ring (bicyclic) bond motifs is 2. The van der Waals surface area contributed by atoms with E-state index in [0.29, 0.717) is 11.5 Å². The maximum absolute atomic E-state index is 14.7. The molecule has 0 saturated carbocycles. The molecule has 0 unspecified atom stereocenters. The predicted octanol–water partition coefficient (Wildman–Crippen LogP) is 3.29. The second-order valence-corrected chi connectivity index (χ2v) is 7.98. The summed E-state index contributed by atoms with van der Waals surface area (Å²) < 4.78 is 16.6. The third-order valence-corrected chi connectivity index (χ3v) is 5.93. The minimum absolute atomic E-state index is 0.191. The van der Waals surface area contributed by atoms with Gasteiger partial charge in [0, 0.05) is 31.3 Å². The number of nitrogens with zero attached hydrogens (tertiary/aromatic N) is 4. The molecular formula is C23H20FN5O3. The molecule has 32 heavy (non-hydrogen) atoms. The van der Waals surface area contributed by atoms with E-state index < -0.39 is 23.5 Å². The first-order valence-electron chi connectivity index (χ1n) is 10.4. The molecule has 1 N–H and O–H groups in total. The van der Waals surface area contributed by atoms with Gasteiger partial charge in [0.15, 0.2) is 5.82 Å². The second-order valence-electron chi connectivity index (χ2n) is 7.98. The molecule has 2 aliphatic heterocycles. The second kappa shape index (κ2) is 7.67. The first-order valence-corrected chi connectivity index (χ1v) is 10.4. The number of benzene rings is 2. The van der Waals surface area contributed by atoms with Gasteiger partial charge in [0.2, 0.25) is 0 Å². The Kier molecular flexibility index (Phi) is 4.80. The zero-order chi connectivity index (χ0) is 22.4. The van der Waals surface area contributed by atoms with Crippen molar-refractivity contribution in [3.8, 4) is 11.4 Å². The molecule has 2 aliphatic rings. The molecule has 0 spiro atoms. The number of carbonyl (C=O) groups excluding carboxylic acids is 3. The van der Waals surface area contributed by atoms with E-state index in [1.54, 1.807) is 0 Å². The van der Waals surface area contributed by atoms with Crippen molar-refractivity contribution in [3.05, 3.63) is 64.7 Å². The predicted molar refractivity (Wildman–Crippen MR) is 114 cm³/mol. The number of anilines is 1. The van der Waals surface area contributed by atoms with Crippen molar-refractivity contribution in [1.82, 2.24) is 19.7 Å². The minimum atomic E-state index is -0.472. The quantitative estimate of drug-likeness (QED) is 0.640. The number of amides is 3. The molecule has 1 aromatic heterocycles. The lowest BCUT2D eigenvalue weighted by atomic mass is 10.1. The molecule has 0 atom stereocenters. The largest absolute Gasteiger partial charge is 0.322 e. The van der Waals surface area contributed by atoms with Crippen LogP contribution in [-0.4, -0.2) is 44.4 Å². The Hall–Kier alpha value is -3.88. The van der Waals surface area contributed by atoms with Crippen molar-refractivity contribution >= 4 is 23.4 Å². The van der Waals surface area contributed by atoms with Gasteiger partial charge in [-0.2, -0.15) is 0 Å². The Morgan fingerprint density at radius 2 is 1.78 bits per heavy atom. The van der Waals surface area contributed by atoms with Gasteiger partial charge in [0.1, 0.15) is 11.6 Å². The molecular weight excluding hydrogens is 413 g/mol. The summed E-state index contributed by atoms with van der Waals surface area (Å²) in [6.07, 6.45) is 3.90. The highest BCUT2D eigenvalue weighted by atomic mass is 19.1. The number of aryl methyl sites for hydroxylation is 1. The summed E-state index contributed by atoms with van der Waals surface area (Å²) in [6, 6.07) is 8.63. The molecule has 2 aromatic carbocycles. The van der Waals surface area contributed by atoms with Gasteiger partial charge in [0.05, 0.1) is 16.7 Å². The first-order chi connectivity index (χ1) is 15.4. The first kappa shape index (κ1) is 20.0. The monoisotopic (exact) mass is 433 g/mol. The van der Waals surface area contributed by atoms with Crippen LogP contribution in [0.1, 0.15) is 56.2 Å². The van der Waals surface area contributed by atoms with Crippen LogP contribution in [0, 0.1) is 5.82 Å². The van der Waals surface area contributed by atoms with E-state index in [1.807, 2.05) is 4.57 Å². The number of aromatic nitrogens is 3. The summed E-state index contributed by atoms with van der Waals surface area (Å²) in [4.78, 5) is 38.1. The van der Waals surface area contributed by atoms with Gasteiger partial charge >= 0.3 is 0 Å². The van der Waals surface area contributed by atoms with Gasteiger partial charge < -0.3 is 9.88 Å². The average Bonchev–Trinajstić information content (AvgIpc) is 3.17. The van der Waals surface area contributed by atoms with Crippen molar-refractivity contribution < 1.29 is 18.8 Å². The number of halogens is 1. The van der Waals surface area contributed by atoms with Crippen molar-refractivity contribution in [2.75, 3.05) is 12.4 Å². The average molecular weight is 433 g/mol. The molecule has 0 saturated heterocycles. The lowest BCUT2D eigenvalue weighted by Crippen LogP contribution is -2.24. The summed E-state index contributed by atoms with van der Waals surface area (Å²) >= 11 is 0. The molecule has 0 aliphatic carbocycles. The van der Waals surface area contributed by atoms with E-state index in [2.05, 4.69) is 15.5 Å². The van der Waals surface area contributed by atoms with Gasteiger partial charge in [-0.05, 0) is 49.2 Å². The van der Waals surface area contributed by atoms with E-state index in [9.17, 15) is 18.8 Å². The van der Waals surface area contributed by atoms with E-state index in [-0.39, 0.29) is 22.3 Å². The van der Waals surface area contributed by atoms with Gasteiger partial charge in [-0.1, -0.05) is 6.42 Å². The van der Waals surface area contributed by atoms with Crippen molar-refractivity contribution in [1.29, 1.82) is 0 Å². The SMILES string of the molecule is CN1C(=O)c2ccc(C(=O)Nc3ccc(F)c(-c4nnc5n4CCCCC5)c3)cc2C1=O. The van der Waals surface area contributed by atoms with Gasteiger partial charge in [-0.3, -0.25) is 19.3 Å². The van der Waals surface area contributed by atoms with Crippen LogP contribution in [0.2, 0.25) is 0 Å². The Morgan fingerprint density at radius 3 is 2.62 bits per heavy atom. The third kappa shape index (κ3) is 3.26. The topological polar surface area (TPSA) is 97.2 Å². The molecule has 8 nitrogen and oxygen atoms in total. The van der Waals surface area contributed by atoms with Gasteiger partial charge in [0.25, 0.3) is 17.7 Å². The molecule has 3 amide bonds. The number of hydrogen-bond donors (Lipinski definition) is 1. The lowest BCUT2D eigenvalue weighted by Gasteiger charge is -2.11. The van der Waals surface area contributed by atoms with Crippen LogP contribution in [0.5, 0.6) is 0 Å². The van der Waals surface area contributed by atoms with Crippen LogP contribution in [0.3, 0.4) is 0 Å². The van der Waals surface area contributed by atoms with Crippen molar-refractivity contribution in [2.45, 2.75) is 32.2 Å². The molecule has 3 heterocycles. The zero-order valence-corrected chi connectivity index (χ0v) is 17.4. The third-order valence-electron chi connectivity index (χ3n) is 5.93. The summed E-state index contributed by atoms with van der Waals surface area (Å²) in [6.45, 7) is 0.726. The fourth-order valence-corrected chi connectivity index (χ4v) is 4.16. The van der Waals surface area contributed by atoms with E-state index in [0.717, 1.165) is 43.0 Å². The molecule has 5 rings (SSSR count).